The summed E-state index contributed by atoms with van der Waals surface area (Å²) < 4.78 is 36.5. The summed E-state index contributed by atoms with van der Waals surface area (Å²) in [6.07, 6.45) is -4.55. The Morgan fingerprint density at radius 3 is 2.47 bits per heavy atom. The molecule has 0 bridgehead atoms. The molecule has 1 unspecified atom stereocenters. The molecule has 0 saturated heterocycles. The minimum atomic E-state index is -4.55. The van der Waals surface area contributed by atoms with Gasteiger partial charge in [0.05, 0.1) is 12.6 Å². The molecule has 0 heterocycles. The monoisotopic (exact) mass is 223 g/mol. The van der Waals surface area contributed by atoms with Gasteiger partial charge in [0.1, 0.15) is 0 Å². The Morgan fingerprint density at radius 1 is 1.60 bits per heavy atom. The van der Waals surface area contributed by atoms with Gasteiger partial charge in [-0.25, -0.2) is 0 Å². The van der Waals surface area contributed by atoms with Crippen LogP contribution < -0.4 is 5.32 Å². The van der Waals surface area contributed by atoms with E-state index in [1.165, 1.54) is 20.2 Å². The van der Waals surface area contributed by atoms with Gasteiger partial charge in [0, 0.05) is 13.6 Å². The Labute approximate surface area is 85.7 Å². The molecule has 15 heavy (non-hydrogen) atoms. The van der Waals surface area contributed by atoms with Crippen molar-refractivity contribution in [3.05, 3.63) is 0 Å². The van der Waals surface area contributed by atoms with Crippen molar-refractivity contribution in [2.24, 2.45) is 5.92 Å². The Bertz CT molecular complexity index is 259. The third-order valence-electron chi connectivity index (χ3n) is 1.74. The predicted octanol–water partition coefficient (Wildman–Crippen LogP) is 0.366. The first-order chi connectivity index (χ1) is 6.81. The normalized spacial score (nSPS) is 13.4. The van der Waals surface area contributed by atoms with Crippen molar-refractivity contribution in [2.75, 3.05) is 27.2 Å². The molecule has 1 atom stereocenters. The quantitative estimate of drug-likeness (QED) is 0.749. The number of alkyl halides is 3. The lowest BCUT2D eigenvalue weighted by molar-refractivity contribution is -0.163. The van der Waals surface area contributed by atoms with Gasteiger partial charge in [-0.15, -0.1) is 0 Å². The van der Waals surface area contributed by atoms with E-state index in [2.05, 4.69) is 5.32 Å². The number of nitrogens with zero attached hydrogens (tertiary/aromatic N) is 2. The Balaban J connectivity index is 4.21. The minimum absolute atomic E-state index is 0.162. The van der Waals surface area contributed by atoms with Crippen LogP contribution in [0, 0.1) is 17.2 Å². The van der Waals surface area contributed by atoms with Gasteiger partial charge in [-0.3, -0.25) is 9.69 Å². The van der Waals surface area contributed by atoms with Crippen LogP contribution in [0.3, 0.4) is 0 Å². The van der Waals surface area contributed by atoms with Crippen LogP contribution >= 0.6 is 0 Å². The molecule has 0 aliphatic rings. The number of hydrogen-bond acceptors (Lipinski definition) is 3. The number of likely N-dealkylation sites (N-methyl/N-ethyl adjacent to an activating group) is 2. The number of amides is 1. The van der Waals surface area contributed by atoms with Gasteiger partial charge in [-0.1, -0.05) is 0 Å². The van der Waals surface area contributed by atoms with Gasteiger partial charge in [0.25, 0.3) is 0 Å². The number of rotatable bonds is 4. The van der Waals surface area contributed by atoms with E-state index < -0.39 is 24.5 Å². The van der Waals surface area contributed by atoms with Crippen LogP contribution in [0.25, 0.3) is 0 Å². The van der Waals surface area contributed by atoms with Gasteiger partial charge >= 0.3 is 6.18 Å². The van der Waals surface area contributed by atoms with Crippen molar-refractivity contribution in [3.8, 4) is 6.07 Å². The first kappa shape index (κ1) is 13.7. The van der Waals surface area contributed by atoms with Crippen LogP contribution in [0.5, 0.6) is 0 Å². The summed E-state index contributed by atoms with van der Waals surface area (Å²) in [6.45, 7) is -0.668. The van der Waals surface area contributed by atoms with E-state index in [0.717, 1.165) is 4.90 Å². The average molecular weight is 223 g/mol. The fourth-order valence-corrected chi connectivity index (χ4v) is 0.918. The molecule has 4 nitrogen and oxygen atoms in total. The molecular weight excluding hydrogens is 211 g/mol. The molecule has 0 spiro atoms. The summed E-state index contributed by atoms with van der Waals surface area (Å²) in [4.78, 5) is 12.0. The summed E-state index contributed by atoms with van der Waals surface area (Å²) in [6, 6.07) is 1.17. The van der Waals surface area contributed by atoms with E-state index in [1.807, 2.05) is 0 Å². The maximum Gasteiger partial charge on any atom is 0.405 e. The van der Waals surface area contributed by atoms with E-state index in [-0.39, 0.29) is 6.54 Å². The number of nitriles is 1. The molecule has 0 aliphatic heterocycles. The van der Waals surface area contributed by atoms with Gasteiger partial charge in [-0.2, -0.15) is 18.4 Å². The second-order valence-corrected chi connectivity index (χ2v) is 3.09. The molecular formula is C8H12F3N3O. The molecule has 1 N–H and O–H groups in total. The molecule has 7 heteroatoms. The lowest BCUT2D eigenvalue weighted by Gasteiger charge is -2.20. The largest absolute Gasteiger partial charge is 0.405 e. The van der Waals surface area contributed by atoms with E-state index >= 15 is 0 Å². The summed E-state index contributed by atoms with van der Waals surface area (Å²) in [5, 5.41) is 10.6. The van der Waals surface area contributed by atoms with E-state index in [4.69, 9.17) is 5.26 Å². The number of halogens is 3. The van der Waals surface area contributed by atoms with Crippen molar-refractivity contribution in [3.63, 3.8) is 0 Å². The highest BCUT2D eigenvalue weighted by atomic mass is 19.4. The fraction of sp³-hybridized carbons (Fsp3) is 0.750. The SMILES string of the molecule is CNC(=O)CN(C)CC(C#N)C(F)(F)F. The second-order valence-electron chi connectivity index (χ2n) is 3.09. The van der Waals surface area contributed by atoms with Crippen molar-refractivity contribution in [1.29, 1.82) is 5.26 Å². The lowest BCUT2D eigenvalue weighted by atomic mass is 10.1. The van der Waals surface area contributed by atoms with Gasteiger partial charge in [-0.05, 0) is 7.05 Å². The standard InChI is InChI=1S/C8H12F3N3O/c1-13-7(15)5-14(2)4-6(3-12)8(9,10)11/h6H,4-5H2,1-2H3,(H,13,15). The number of hydrogen-bond donors (Lipinski definition) is 1. The molecule has 0 aromatic rings. The maximum atomic E-state index is 12.2. The highest BCUT2D eigenvalue weighted by Gasteiger charge is 2.40. The third-order valence-corrected chi connectivity index (χ3v) is 1.74. The first-order valence-electron chi connectivity index (χ1n) is 4.16. The third kappa shape index (κ3) is 5.22. The summed E-state index contributed by atoms with van der Waals surface area (Å²) >= 11 is 0. The summed E-state index contributed by atoms with van der Waals surface area (Å²) in [5.74, 6) is -2.46. The molecule has 0 aromatic carbocycles. The molecule has 1 amide bonds. The zero-order valence-electron chi connectivity index (χ0n) is 8.43. The highest BCUT2D eigenvalue weighted by molar-refractivity contribution is 5.77. The Hall–Kier alpha value is -1.29. The van der Waals surface area contributed by atoms with Crippen LogP contribution in [0.15, 0.2) is 0 Å². The lowest BCUT2D eigenvalue weighted by Crippen LogP contribution is -2.39. The zero-order chi connectivity index (χ0) is 12.1. The topological polar surface area (TPSA) is 56.1 Å². The van der Waals surface area contributed by atoms with Crippen molar-refractivity contribution < 1.29 is 18.0 Å². The molecule has 0 saturated carbocycles. The van der Waals surface area contributed by atoms with Crippen LogP contribution in [0.1, 0.15) is 0 Å². The number of nitrogens with one attached hydrogen (secondary N) is 1. The molecule has 0 radical (unpaired) electrons. The Kier molecular flexibility index (Phi) is 5.08. The van der Waals surface area contributed by atoms with E-state index in [0.29, 0.717) is 0 Å². The summed E-state index contributed by atoms with van der Waals surface area (Å²) in [7, 11) is 2.74. The first-order valence-corrected chi connectivity index (χ1v) is 4.16. The molecule has 0 aliphatic carbocycles. The van der Waals surface area contributed by atoms with Gasteiger partial charge in [0.2, 0.25) is 5.91 Å². The number of carbonyl (C=O) groups excluding carboxylic acids is 1. The van der Waals surface area contributed by atoms with Gasteiger partial charge < -0.3 is 5.32 Å². The van der Waals surface area contributed by atoms with E-state index in [9.17, 15) is 18.0 Å². The smallest absolute Gasteiger partial charge is 0.358 e. The summed E-state index contributed by atoms with van der Waals surface area (Å²) in [5.41, 5.74) is 0. The molecule has 0 aromatic heterocycles. The van der Waals surface area contributed by atoms with Crippen molar-refractivity contribution in [2.45, 2.75) is 6.18 Å². The molecule has 86 valence electrons. The van der Waals surface area contributed by atoms with E-state index in [1.54, 1.807) is 0 Å². The minimum Gasteiger partial charge on any atom is -0.358 e. The van der Waals surface area contributed by atoms with Crippen molar-refractivity contribution >= 4 is 5.91 Å². The molecule has 0 fully saturated rings. The average Bonchev–Trinajstić information content (AvgIpc) is 2.12. The van der Waals surface area contributed by atoms with Crippen LogP contribution in [0.2, 0.25) is 0 Å². The van der Waals surface area contributed by atoms with Gasteiger partial charge in [0.15, 0.2) is 5.92 Å². The number of carbonyl (C=O) groups is 1. The second kappa shape index (κ2) is 5.56. The Morgan fingerprint density at radius 2 is 2.13 bits per heavy atom. The zero-order valence-corrected chi connectivity index (χ0v) is 8.43. The highest BCUT2D eigenvalue weighted by Crippen LogP contribution is 2.25. The maximum absolute atomic E-state index is 12.2. The fourth-order valence-electron chi connectivity index (χ4n) is 0.918. The van der Waals surface area contributed by atoms with Crippen LogP contribution in [-0.2, 0) is 4.79 Å². The van der Waals surface area contributed by atoms with Crippen LogP contribution in [-0.4, -0.2) is 44.2 Å². The molecule has 0 rings (SSSR count). The van der Waals surface area contributed by atoms with Crippen LogP contribution in [0.4, 0.5) is 13.2 Å². The predicted molar refractivity (Wildman–Crippen MR) is 46.7 cm³/mol. The van der Waals surface area contributed by atoms with Crippen molar-refractivity contribution in [1.82, 2.24) is 10.2 Å².